The molecule has 0 aliphatic carbocycles. The molecule has 436 valence electrons. The van der Waals surface area contributed by atoms with Crippen LogP contribution in [-0.2, 0) is 0 Å². The lowest BCUT2D eigenvalue weighted by Gasteiger charge is -2.14. The van der Waals surface area contributed by atoms with E-state index in [-0.39, 0.29) is 0 Å². The third kappa shape index (κ3) is 8.72. The molecule has 0 fully saturated rings. The van der Waals surface area contributed by atoms with Gasteiger partial charge in [0.15, 0.2) is 0 Å². The van der Waals surface area contributed by atoms with Gasteiger partial charge in [0.05, 0.1) is 33.4 Å². The fourth-order valence-electron chi connectivity index (χ4n) is 15.3. The van der Waals surface area contributed by atoms with E-state index in [9.17, 15) is 0 Å². The van der Waals surface area contributed by atoms with Crippen LogP contribution in [0, 0.1) is 0 Å². The number of aromatic nitrogens is 2. The first-order chi connectivity index (χ1) is 46.6. The Balaban J connectivity index is 0.000000133. The third-order valence-corrected chi connectivity index (χ3v) is 19.9. The highest BCUT2D eigenvalue weighted by Gasteiger charge is 2.19. The van der Waals surface area contributed by atoms with Gasteiger partial charge in [-0.2, -0.15) is 0 Å². The zero-order chi connectivity index (χ0) is 61.8. The number of hydrogen-bond donors (Lipinski definition) is 0. The van der Waals surface area contributed by atoms with E-state index in [1.807, 2.05) is 0 Å². The first kappa shape index (κ1) is 53.5. The lowest BCUT2D eigenvalue weighted by Crippen LogP contribution is -1.96. The first-order valence-electron chi connectivity index (χ1n) is 32.5. The minimum absolute atomic E-state index is 1.21. The maximum Gasteiger partial charge on any atom is 0.0546 e. The molecule has 2 aromatic heterocycles. The Morgan fingerprint density at radius 2 is 0.383 bits per heavy atom. The van der Waals surface area contributed by atoms with Crippen LogP contribution >= 0.6 is 0 Å². The van der Waals surface area contributed by atoms with Crippen molar-refractivity contribution in [2.45, 2.75) is 0 Å². The summed E-state index contributed by atoms with van der Waals surface area (Å²) in [5.74, 6) is 0. The van der Waals surface area contributed by atoms with Crippen molar-refractivity contribution in [3.8, 4) is 55.9 Å². The molecule has 0 radical (unpaired) electrons. The van der Waals surface area contributed by atoms with Crippen molar-refractivity contribution in [3.05, 3.63) is 352 Å². The maximum absolute atomic E-state index is 2.45. The Hall–Kier alpha value is -12.4. The van der Waals surface area contributed by atoms with Gasteiger partial charge >= 0.3 is 0 Å². The topological polar surface area (TPSA) is 9.86 Å². The van der Waals surface area contributed by atoms with Gasteiger partial charge in [0.1, 0.15) is 0 Å². The molecular formula is C92H58N2. The van der Waals surface area contributed by atoms with Crippen molar-refractivity contribution in [2.24, 2.45) is 0 Å². The molecular weight excluding hydrogens is 1130 g/mol. The van der Waals surface area contributed by atoms with Crippen LogP contribution in [-0.4, -0.2) is 9.13 Å². The summed E-state index contributed by atoms with van der Waals surface area (Å²) in [6.45, 7) is 0. The average molecular weight is 1190 g/mol. The molecule has 2 nitrogen and oxygen atoms in total. The minimum atomic E-state index is 1.21. The van der Waals surface area contributed by atoms with E-state index < -0.39 is 0 Å². The summed E-state index contributed by atoms with van der Waals surface area (Å²) >= 11 is 0. The minimum Gasteiger partial charge on any atom is -0.309 e. The van der Waals surface area contributed by atoms with Crippen LogP contribution in [0.4, 0.5) is 0 Å². The predicted octanol–water partition coefficient (Wildman–Crippen LogP) is 25.5. The van der Waals surface area contributed by atoms with Gasteiger partial charge in [-0.1, -0.05) is 291 Å². The highest BCUT2D eigenvalue weighted by molar-refractivity contribution is 6.18. The van der Waals surface area contributed by atoms with Crippen LogP contribution in [0.5, 0.6) is 0 Å². The number of para-hydroxylation sites is 2. The molecule has 94 heavy (non-hydrogen) atoms. The second kappa shape index (κ2) is 21.7. The molecule has 20 aromatic rings. The molecule has 2 heteroatoms. The highest BCUT2D eigenvalue weighted by atomic mass is 15.0. The standard InChI is InChI=1S/2C46H29N/c1-3-11-37-32(9-1)21-22-36-27-33(23-25-39(36)37)30-17-19-31(20-18-30)34-24-26-45-43(28-34)42-15-7-8-16-44(42)47(45)46-29-35-10-2-4-12-38(35)40-13-5-6-14-41(40)46;1-3-11-37-32(9-1)21-22-33-23-24-34(27-42(33)37)30-17-19-31(20-18-30)35-25-26-45-43(28-35)41-15-7-8-16-44(41)47(45)46-29-36-10-2-4-12-38(36)39-13-5-6-14-40(39)46/h2*1-29H. The number of hydrogen-bond acceptors (Lipinski definition) is 0. The third-order valence-electron chi connectivity index (χ3n) is 19.9. The SMILES string of the molecule is c1ccc2c(c1)ccc1cc(-c3ccc(-c4ccc5c(c4)c4ccccc4n5-c4cc5ccccc5c5ccccc45)cc3)ccc12.c1ccc2c(c1)ccc1ccc(-c3ccc(-c4ccc5c(c4)c4ccccc4n5-c4cc5ccccc5c5ccccc45)cc3)cc12. The van der Waals surface area contributed by atoms with Crippen LogP contribution in [0.3, 0.4) is 0 Å². The zero-order valence-electron chi connectivity index (χ0n) is 51.4. The maximum atomic E-state index is 2.45. The Bertz CT molecular complexity index is 6460. The Morgan fingerprint density at radius 3 is 0.840 bits per heavy atom. The van der Waals surface area contributed by atoms with Crippen molar-refractivity contribution in [1.29, 1.82) is 0 Å². The molecule has 0 aliphatic rings. The zero-order valence-corrected chi connectivity index (χ0v) is 51.4. The molecule has 2 heterocycles. The molecule has 0 atom stereocenters. The summed E-state index contributed by atoms with van der Waals surface area (Å²) in [6, 6.07) is 129. The predicted molar refractivity (Wildman–Crippen MR) is 403 cm³/mol. The van der Waals surface area contributed by atoms with E-state index in [2.05, 4.69) is 361 Å². The summed E-state index contributed by atoms with van der Waals surface area (Å²) < 4.78 is 4.91. The van der Waals surface area contributed by atoms with Crippen LogP contribution < -0.4 is 0 Å². The average Bonchev–Trinajstić information content (AvgIpc) is 1.58. The van der Waals surface area contributed by atoms with E-state index in [1.165, 1.54) is 186 Å². The second-order valence-electron chi connectivity index (χ2n) is 25.1. The van der Waals surface area contributed by atoms with Gasteiger partial charge in [-0.3, -0.25) is 0 Å². The number of nitrogens with zero attached hydrogens (tertiary/aromatic N) is 2. The monoisotopic (exact) mass is 1190 g/mol. The van der Waals surface area contributed by atoms with Crippen molar-refractivity contribution in [2.75, 3.05) is 0 Å². The summed E-state index contributed by atoms with van der Waals surface area (Å²) in [5, 5.41) is 25.5. The van der Waals surface area contributed by atoms with Crippen molar-refractivity contribution >= 4 is 130 Å². The normalized spacial score (nSPS) is 11.8. The Labute approximate surface area is 543 Å². The van der Waals surface area contributed by atoms with Crippen molar-refractivity contribution in [1.82, 2.24) is 9.13 Å². The van der Waals surface area contributed by atoms with Gasteiger partial charge in [0.25, 0.3) is 0 Å². The lowest BCUT2D eigenvalue weighted by molar-refractivity contribution is 1.20. The number of fused-ring (bicyclic) bond motifs is 18. The largest absolute Gasteiger partial charge is 0.309 e. The summed E-state index contributed by atoms with van der Waals surface area (Å²) in [5.41, 5.74) is 17.1. The Morgan fingerprint density at radius 1 is 0.128 bits per heavy atom. The molecule has 0 unspecified atom stereocenters. The van der Waals surface area contributed by atoms with Crippen LogP contribution in [0.25, 0.3) is 186 Å². The number of rotatable bonds is 6. The molecule has 0 N–H and O–H groups in total. The van der Waals surface area contributed by atoms with E-state index in [0.29, 0.717) is 0 Å². The van der Waals surface area contributed by atoms with E-state index >= 15 is 0 Å². The quantitative estimate of drug-likeness (QED) is 0.147. The fraction of sp³-hybridized carbons (Fsp3) is 0. The summed E-state index contributed by atoms with van der Waals surface area (Å²) in [6.07, 6.45) is 0. The first-order valence-corrected chi connectivity index (χ1v) is 32.5. The van der Waals surface area contributed by atoms with Crippen LogP contribution in [0.2, 0.25) is 0 Å². The molecule has 0 amide bonds. The van der Waals surface area contributed by atoms with Gasteiger partial charge in [-0.05, 0) is 181 Å². The van der Waals surface area contributed by atoms with Gasteiger partial charge in [0, 0.05) is 32.3 Å². The summed E-state index contributed by atoms with van der Waals surface area (Å²) in [7, 11) is 0. The number of benzene rings is 18. The van der Waals surface area contributed by atoms with Gasteiger partial charge in [0.2, 0.25) is 0 Å². The van der Waals surface area contributed by atoms with Gasteiger partial charge in [-0.15, -0.1) is 0 Å². The van der Waals surface area contributed by atoms with E-state index in [1.54, 1.807) is 0 Å². The van der Waals surface area contributed by atoms with Crippen molar-refractivity contribution in [3.63, 3.8) is 0 Å². The molecule has 0 saturated heterocycles. The second-order valence-corrected chi connectivity index (χ2v) is 25.1. The molecule has 0 spiro atoms. The molecule has 0 aliphatic heterocycles. The Kier molecular flexibility index (Phi) is 12.3. The van der Waals surface area contributed by atoms with Crippen LogP contribution in [0.1, 0.15) is 0 Å². The molecule has 0 bridgehead atoms. The molecule has 20 rings (SSSR count). The smallest absolute Gasteiger partial charge is 0.0546 e. The summed E-state index contributed by atoms with van der Waals surface area (Å²) in [4.78, 5) is 0. The lowest BCUT2D eigenvalue weighted by atomic mass is 9.95. The van der Waals surface area contributed by atoms with Gasteiger partial charge < -0.3 is 9.13 Å². The molecule has 0 saturated carbocycles. The van der Waals surface area contributed by atoms with Crippen molar-refractivity contribution < 1.29 is 0 Å². The highest BCUT2D eigenvalue weighted by Crippen LogP contribution is 2.43. The fourth-order valence-corrected chi connectivity index (χ4v) is 15.3. The van der Waals surface area contributed by atoms with Gasteiger partial charge in [-0.25, -0.2) is 0 Å². The van der Waals surface area contributed by atoms with E-state index in [4.69, 9.17) is 0 Å². The molecule has 18 aromatic carbocycles. The van der Waals surface area contributed by atoms with E-state index in [0.717, 1.165) is 0 Å². The van der Waals surface area contributed by atoms with Crippen LogP contribution in [0.15, 0.2) is 352 Å².